The number of ether oxygens (including phenoxy) is 2. The Kier molecular flexibility index (Phi) is 6.50. The van der Waals surface area contributed by atoms with Crippen molar-refractivity contribution in [2.24, 2.45) is 0 Å². The first-order valence-corrected chi connectivity index (χ1v) is 10.6. The van der Waals surface area contributed by atoms with E-state index in [1.54, 1.807) is 24.3 Å². The summed E-state index contributed by atoms with van der Waals surface area (Å²) in [6, 6.07) is 10.8. The Morgan fingerprint density at radius 3 is 2.55 bits per heavy atom. The zero-order valence-electron chi connectivity index (χ0n) is 15.9. The molecular formula is C20H22N2O6S. The average Bonchev–Trinajstić information content (AvgIpc) is 2.93. The molecule has 0 fully saturated rings. The minimum atomic E-state index is -3.82. The Hall–Kier alpha value is -2.91. The van der Waals surface area contributed by atoms with Crippen LogP contribution in [0.25, 0.3) is 0 Å². The van der Waals surface area contributed by atoms with Gasteiger partial charge in [0.25, 0.3) is 0 Å². The zero-order valence-corrected chi connectivity index (χ0v) is 16.8. The van der Waals surface area contributed by atoms with Gasteiger partial charge in [0.1, 0.15) is 0 Å². The predicted octanol–water partition coefficient (Wildman–Crippen LogP) is 2.36. The molecule has 0 radical (unpaired) electrons. The quantitative estimate of drug-likeness (QED) is 0.668. The molecule has 1 heterocycles. The van der Waals surface area contributed by atoms with E-state index in [2.05, 4.69) is 10.0 Å². The number of hydrogen-bond donors (Lipinski definition) is 2. The molecule has 2 aromatic carbocycles. The van der Waals surface area contributed by atoms with Crippen LogP contribution in [0.1, 0.15) is 30.1 Å². The minimum Gasteiger partial charge on any atom is -0.490 e. The molecule has 1 aliphatic rings. The van der Waals surface area contributed by atoms with E-state index < -0.39 is 10.0 Å². The highest BCUT2D eigenvalue weighted by molar-refractivity contribution is 7.89. The van der Waals surface area contributed by atoms with Gasteiger partial charge in [0, 0.05) is 36.7 Å². The van der Waals surface area contributed by atoms with Crippen molar-refractivity contribution in [1.29, 1.82) is 0 Å². The molecule has 9 heteroatoms. The molecule has 154 valence electrons. The van der Waals surface area contributed by atoms with E-state index in [1.807, 2.05) is 0 Å². The molecule has 0 spiro atoms. The third-order valence-electron chi connectivity index (χ3n) is 4.23. The van der Waals surface area contributed by atoms with Gasteiger partial charge in [-0.15, -0.1) is 0 Å². The highest BCUT2D eigenvalue weighted by Gasteiger charge is 2.16. The van der Waals surface area contributed by atoms with Crippen molar-refractivity contribution in [2.75, 3.05) is 25.1 Å². The van der Waals surface area contributed by atoms with Crippen molar-refractivity contribution >= 4 is 27.4 Å². The second-order valence-corrected chi connectivity index (χ2v) is 8.26. The average molecular weight is 418 g/mol. The van der Waals surface area contributed by atoms with Gasteiger partial charge in [-0.2, -0.15) is 0 Å². The number of Topliss-reactive ketones (excluding diaryl/α,β-unsaturated/α-hetero) is 1. The van der Waals surface area contributed by atoms with E-state index in [0.717, 1.165) is 6.42 Å². The Balaban J connectivity index is 1.55. The summed E-state index contributed by atoms with van der Waals surface area (Å²) in [4.78, 5) is 23.6. The maximum absolute atomic E-state index is 12.4. The highest BCUT2D eigenvalue weighted by Crippen LogP contribution is 2.32. The van der Waals surface area contributed by atoms with Crippen LogP contribution in [0.2, 0.25) is 0 Å². The number of carbonyl (C=O) groups excluding carboxylic acids is 2. The topological polar surface area (TPSA) is 111 Å². The van der Waals surface area contributed by atoms with Gasteiger partial charge in [-0.05, 0) is 31.2 Å². The third kappa shape index (κ3) is 5.55. The largest absolute Gasteiger partial charge is 0.490 e. The summed E-state index contributed by atoms with van der Waals surface area (Å²) in [7, 11) is -3.82. The first-order valence-electron chi connectivity index (χ1n) is 9.15. The second kappa shape index (κ2) is 9.06. The van der Waals surface area contributed by atoms with Crippen molar-refractivity contribution < 1.29 is 27.5 Å². The van der Waals surface area contributed by atoms with Crippen molar-refractivity contribution in [2.45, 2.75) is 24.7 Å². The van der Waals surface area contributed by atoms with Gasteiger partial charge in [-0.3, -0.25) is 9.59 Å². The molecule has 0 aromatic heterocycles. The Morgan fingerprint density at radius 2 is 1.79 bits per heavy atom. The SMILES string of the molecule is CC(=O)c1cccc(S(=O)(=O)NCCC(=O)Nc2ccc3c(c2)OCCCO3)c1. The molecule has 1 amide bonds. The fourth-order valence-corrected chi connectivity index (χ4v) is 3.81. The molecule has 29 heavy (non-hydrogen) atoms. The molecule has 1 aliphatic heterocycles. The van der Waals surface area contributed by atoms with Crippen LogP contribution >= 0.6 is 0 Å². The summed E-state index contributed by atoms with van der Waals surface area (Å²) < 4.78 is 38.2. The summed E-state index contributed by atoms with van der Waals surface area (Å²) >= 11 is 0. The number of sulfonamides is 1. The predicted molar refractivity (Wildman–Crippen MR) is 107 cm³/mol. The highest BCUT2D eigenvalue weighted by atomic mass is 32.2. The summed E-state index contributed by atoms with van der Waals surface area (Å²) in [5.74, 6) is 0.614. The maximum Gasteiger partial charge on any atom is 0.240 e. The van der Waals surface area contributed by atoms with Gasteiger partial charge in [-0.1, -0.05) is 12.1 Å². The molecule has 0 unspecified atom stereocenters. The van der Waals surface area contributed by atoms with Crippen molar-refractivity contribution in [3.8, 4) is 11.5 Å². The van der Waals surface area contributed by atoms with Gasteiger partial charge in [0.2, 0.25) is 15.9 Å². The van der Waals surface area contributed by atoms with E-state index in [9.17, 15) is 18.0 Å². The number of amides is 1. The van der Waals surface area contributed by atoms with Crippen LogP contribution in [-0.2, 0) is 14.8 Å². The summed E-state index contributed by atoms with van der Waals surface area (Å²) in [5, 5.41) is 2.71. The van der Waals surface area contributed by atoms with Crippen LogP contribution in [0, 0.1) is 0 Å². The molecule has 8 nitrogen and oxygen atoms in total. The van der Waals surface area contributed by atoms with Gasteiger partial charge >= 0.3 is 0 Å². The lowest BCUT2D eigenvalue weighted by molar-refractivity contribution is -0.116. The Bertz CT molecular complexity index is 1020. The lowest BCUT2D eigenvalue weighted by atomic mass is 10.2. The van der Waals surface area contributed by atoms with Gasteiger partial charge in [-0.25, -0.2) is 13.1 Å². The third-order valence-corrected chi connectivity index (χ3v) is 5.68. The number of carbonyl (C=O) groups is 2. The number of hydrogen-bond acceptors (Lipinski definition) is 6. The molecule has 3 rings (SSSR count). The number of rotatable bonds is 7. The van der Waals surface area contributed by atoms with Crippen LogP contribution in [0.5, 0.6) is 11.5 Å². The van der Waals surface area contributed by atoms with Crippen molar-refractivity contribution in [3.05, 3.63) is 48.0 Å². The van der Waals surface area contributed by atoms with Gasteiger partial charge < -0.3 is 14.8 Å². The van der Waals surface area contributed by atoms with Gasteiger partial charge in [0.05, 0.1) is 18.1 Å². The first-order chi connectivity index (χ1) is 13.8. The van der Waals surface area contributed by atoms with E-state index in [1.165, 1.54) is 25.1 Å². The Morgan fingerprint density at radius 1 is 1.03 bits per heavy atom. The molecule has 0 bridgehead atoms. The van der Waals surface area contributed by atoms with Crippen molar-refractivity contribution in [1.82, 2.24) is 4.72 Å². The second-order valence-electron chi connectivity index (χ2n) is 6.49. The molecule has 0 aliphatic carbocycles. The molecule has 0 atom stereocenters. The molecule has 0 saturated heterocycles. The molecule has 2 aromatic rings. The fourth-order valence-electron chi connectivity index (χ4n) is 2.73. The van der Waals surface area contributed by atoms with E-state index in [-0.39, 0.29) is 29.6 Å². The zero-order chi connectivity index (χ0) is 20.9. The Labute approximate surface area is 169 Å². The standard InChI is InChI=1S/C20H22N2O6S/c1-14(23)15-4-2-5-17(12-15)29(25,26)21-9-8-20(24)22-16-6-7-18-19(13-16)28-11-3-10-27-18/h2,4-7,12-13,21H,3,8-11H2,1H3,(H,22,24). The molecule has 0 saturated carbocycles. The van der Waals surface area contributed by atoms with Crippen LogP contribution in [0.4, 0.5) is 5.69 Å². The van der Waals surface area contributed by atoms with E-state index >= 15 is 0 Å². The summed E-state index contributed by atoms with van der Waals surface area (Å²) in [6.45, 7) is 2.40. The van der Waals surface area contributed by atoms with Crippen LogP contribution in [0.15, 0.2) is 47.4 Å². The summed E-state index contributed by atoms with van der Waals surface area (Å²) in [6.07, 6.45) is 0.728. The van der Waals surface area contributed by atoms with Gasteiger partial charge in [0.15, 0.2) is 17.3 Å². The number of fused-ring (bicyclic) bond motifs is 1. The number of ketones is 1. The lowest BCUT2D eigenvalue weighted by Gasteiger charge is -2.11. The minimum absolute atomic E-state index is 0.0199. The molecule has 2 N–H and O–H groups in total. The fraction of sp³-hybridized carbons (Fsp3) is 0.300. The smallest absolute Gasteiger partial charge is 0.240 e. The normalized spacial score (nSPS) is 13.4. The van der Waals surface area contributed by atoms with Crippen LogP contribution < -0.4 is 19.5 Å². The van der Waals surface area contributed by atoms with Crippen molar-refractivity contribution in [3.63, 3.8) is 0 Å². The molecular weight excluding hydrogens is 396 g/mol. The summed E-state index contributed by atoms with van der Waals surface area (Å²) in [5.41, 5.74) is 0.844. The van der Waals surface area contributed by atoms with E-state index in [0.29, 0.717) is 36.0 Å². The van der Waals surface area contributed by atoms with Crippen LogP contribution in [0.3, 0.4) is 0 Å². The number of anilines is 1. The monoisotopic (exact) mass is 418 g/mol. The maximum atomic E-state index is 12.4. The number of benzene rings is 2. The number of nitrogens with one attached hydrogen (secondary N) is 2. The first kappa shape index (κ1) is 20.8. The van der Waals surface area contributed by atoms with E-state index in [4.69, 9.17) is 9.47 Å². The lowest BCUT2D eigenvalue weighted by Crippen LogP contribution is -2.28. The van der Waals surface area contributed by atoms with Crippen LogP contribution in [-0.4, -0.2) is 39.9 Å².